The number of hydrogen-bond acceptors (Lipinski definition) is 2. The fourth-order valence-corrected chi connectivity index (χ4v) is 4.63. The van der Waals surface area contributed by atoms with Gasteiger partial charge in [0.25, 0.3) is 0 Å². The summed E-state index contributed by atoms with van der Waals surface area (Å²) < 4.78 is 15.4. The molecule has 0 aliphatic heterocycles. The highest BCUT2D eigenvalue weighted by Crippen LogP contribution is 2.25. The van der Waals surface area contributed by atoms with Crippen LogP contribution < -0.4 is 0 Å². The van der Waals surface area contributed by atoms with E-state index in [9.17, 15) is 14.0 Å². The molecule has 180 valence electrons. The predicted octanol–water partition coefficient (Wildman–Crippen LogP) is 5.23. The van der Waals surface area contributed by atoms with Crippen molar-refractivity contribution in [3.8, 4) is 0 Å². The Morgan fingerprint density at radius 1 is 1.06 bits per heavy atom. The maximum absolute atomic E-state index is 13.5. The van der Waals surface area contributed by atoms with E-state index in [0.29, 0.717) is 26.1 Å². The van der Waals surface area contributed by atoms with Crippen molar-refractivity contribution in [3.05, 3.63) is 59.7 Å². The quantitative estimate of drug-likeness (QED) is 0.492. The third-order valence-corrected chi connectivity index (χ3v) is 6.50. The second-order valence-corrected chi connectivity index (χ2v) is 9.57. The Kier molecular flexibility index (Phi) is 9.10. The number of nitrogens with zero attached hydrogens (tertiary/aromatic N) is 3. The summed E-state index contributed by atoms with van der Waals surface area (Å²) >= 11 is 0. The van der Waals surface area contributed by atoms with Crippen LogP contribution in [-0.4, -0.2) is 45.3 Å². The molecular weight excluding hydrogens is 417 g/mol. The number of amides is 2. The van der Waals surface area contributed by atoms with Gasteiger partial charge in [0.05, 0.1) is 13.1 Å². The first-order valence-electron chi connectivity index (χ1n) is 12.3. The van der Waals surface area contributed by atoms with E-state index in [1.165, 1.54) is 18.6 Å². The molecular formula is C27H38FN3O2. The van der Waals surface area contributed by atoms with E-state index in [-0.39, 0.29) is 36.1 Å². The number of rotatable bonds is 10. The summed E-state index contributed by atoms with van der Waals surface area (Å²) in [4.78, 5) is 29.8. The molecule has 6 heteroatoms. The molecule has 0 unspecified atom stereocenters. The maximum Gasteiger partial charge on any atom is 0.242 e. The van der Waals surface area contributed by atoms with Crippen LogP contribution in [0.3, 0.4) is 0 Å². The summed E-state index contributed by atoms with van der Waals surface area (Å²) in [6.07, 6.45) is 7.97. The van der Waals surface area contributed by atoms with Gasteiger partial charge in [0.15, 0.2) is 0 Å². The molecule has 0 atom stereocenters. The minimum absolute atomic E-state index is 0.0235. The van der Waals surface area contributed by atoms with Crippen LogP contribution in [0.25, 0.3) is 0 Å². The molecule has 1 aromatic heterocycles. The van der Waals surface area contributed by atoms with Crippen LogP contribution in [0.2, 0.25) is 0 Å². The summed E-state index contributed by atoms with van der Waals surface area (Å²) in [6, 6.07) is 10.8. The first kappa shape index (κ1) is 25.0. The van der Waals surface area contributed by atoms with Gasteiger partial charge >= 0.3 is 0 Å². The molecule has 0 radical (unpaired) electrons. The SMILES string of the molecule is CCN(CC(=O)N(Cc1cccn1Cc1ccc(F)cc1)C1CCCCC1)C(=O)CC(C)C. The summed E-state index contributed by atoms with van der Waals surface area (Å²) in [5.41, 5.74) is 2.07. The first-order valence-corrected chi connectivity index (χ1v) is 12.3. The molecule has 33 heavy (non-hydrogen) atoms. The largest absolute Gasteiger partial charge is 0.345 e. The van der Waals surface area contributed by atoms with Crippen molar-refractivity contribution in [3.63, 3.8) is 0 Å². The highest BCUT2D eigenvalue weighted by atomic mass is 19.1. The number of aromatic nitrogens is 1. The van der Waals surface area contributed by atoms with Gasteiger partial charge in [-0.2, -0.15) is 0 Å². The van der Waals surface area contributed by atoms with Crippen LogP contribution in [-0.2, 0) is 22.7 Å². The molecule has 0 bridgehead atoms. The standard InChI is InChI=1S/C27H38FN3O2/c1-4-29(26(32)17-21(2)3)20-27(33)31(24-9-6-5-7-10-24)19-25-11-8-16-30(25)18-22-12-14-23(28)15-13-22/h8,11-16,21,24H,4-7,9-10,17-20H2,1-3H3. The molecule has 0 saturated heterocycles. The number of benzene rings is 1. The van der Waals surface area contributed by atoms with Crippen LogP contribution in [0.4, 0.5) is 4.39 Å². The minimum Gasteiger partial charge on any atom is -0.345 e. The van der Waals surface area contributed by atoms with E-state index in [1.807, 2.05) is 44.0 Å². The number of likely N-dealkylation sites (N-methyl/N-ethyl adjacent to an activating group) is 1. The molecule has 2 amide bonds. The molecule has 1 heterocycles. The van der Waals surface area contributed by atoms with Gasteiger partial charge in [-0.25, -0.2) is 4.39 Å². The molecule has 3 rings (SSSR count). The zero-order valence-electron chi connectivity index (χ0n) is 20.3. The van der Waals surface area contributed by atoms with Crippen molar-refractivity contribution in [1.82, 2.24) is 14.4 Å². The second kappa shape index (κ2) is 12.0. The van der Waals surface area contributed by atoms with E-state index < -0.39 is 0 Å². The van der Waals surface area contributed by atoms with E-state index in [4.69, 9.17) is 0 Å². The van der Waals surface area contributed by atoms with Gasteiger partial charge in [-0.15, -0.1) is 0 Å². The molecule has 1 aliphatic rings. The Morgan fingerprint density at radius 3 is 2.39 bits per heavy atom. The molecule has 1 aromatic carbocycles. The Hall–Kier alpha value is -2.63. The summed E-state index contributed by atoms with van der Waals surface area (Å²) in [6.45, 7) is 7.81. The van der Waals surface area contributed by atoms with Crippen LogP contribution in [0.1, 0.15) is 70.6 Å². The average Bonchev–Trinajstić information content (AvgIpc) is 3.23. The first-order chi connectivity index (χ1) is 15.9. The molecule has 0 N–H and O–H groups in total. The van der Waals surface area contributed by atoms with Crippen LogP contribution in [0.5, 0.6) is 0 Å². The van der Waals surface area contributed by atoms with Crippen molar-refractivity contribution in [2.75, 3.05) is 13.1 Å². The van der Waals surface area contributed by atoms with Crippen LogP contribution >= 0.6 is 0 Å². The maximum atomic E-state index is 13.5. The van der Waals surface area contributed by atoms with E-state index in [2.05, 4.69) is 4.57 Å². The topological polar surface area (TPSA) is 45.6 Å². The van der Waals surface area contributed by atoms with Gasteiger partial charge in [0, 0.05) is 37.4 Å². The van der Waals surface area contributed by atoms with Gasteiger partial charge in [-0.1, -0.05) is 45.2 Å². The summed E-state index contributed by atoms with van der Waals surface area (Å²) in [5, 5.41) is 0. The third-order valence-electron chi connectivity index (χ3n) is 6.50. The van der Waals surface area contributed by atoms with Crippen molar-refractivity contribution in [2.45, 2.75) is 78.4 Å². The van der Waals surface area contributed by atoms with Crippen molar-refractivity contribution in [1.29, 1.82) is 0 Å². The Bertz CT molecular complexity index is 900. The normalized spacial score (nSPS) is 14.5. The molecule has 1 saturated carbocycles. The van der Waals surface area contributed by atoms with Crippen LogP contribution in [0, 0.1) is 11.7 Å². The van der Waals surface area contributed by atoms with Crippen molar-refractivity contribution in [2.24, 2.45) is 5.92 Å². The van der Waals surface area contributed by atoms with Gasteiger partial charge in [0.2, 0.25) is 11.8 Å². The minimum atomic E-state index is -0.243. The van der Waals surface area contributed by atoms with Gasteiger partial charge in [0.1, 0.15) is 5.82 Å². The Balaban J connectivity index is 1.76. The van der Waals surface area contributed by atoms with E-state index >= 15 is 0 Å². The highest BCUT2D eigenvalue weighted by molar-refractivity contribution is 5.85. The fraction of sp³-hybridized carbons (Fsp3) is 0.556. The van der Waals surface area contributed by atoms with Crippen LogP contribution in [0.15, 0.2) is 42.6 Å². The Labute approximate surface area is 197 Å². The number of carbonyl (C=O) groups excluding carboxylic acids is 2. The lowest BCUT2D eigenvalue weighted by Gasteiger charge is -2.36. The third kappa shape index (κ3) is 7.18. The zero-order chi connectivity index (χ0) is 23.8. The van der Waals surface area contributed by atoms with Crippen molar-refractivity contribution < 1.29 is 14.0 Å². The van der Waals surface area contributed by atoms with Crippen molar-refractivity contribution >= 4 is 11.8 Å². The highest BCUT2D eigenvalue weighted by Gasteiger charge is 2.28. The lowest BCUT2D eigenvalue weighted by molar-refractivity contribution is -0.143. The summed E-state index contributed by atoms with van der Waals surface area (Å²) in [7, 11) is 0. The summed E-state index contributed by atoms with van der Waals surface area (Å²) in [5.74, 6) is 0.0957. The monoisotopic (exact) mass is 455 g/mol. The predicted molar refractivity (Wildman–Crippen MR) is 129 cm³/mol. The lowest BCUT2D eigenvalue weighted by atomic mass is 9.94. The van der Waals surface area contributed by atoms with Gasteiger partial charge in [-0.05, 0) is 55.5 Å². The van der Waals surface area contributed by atoms with E-state index in [1.54, 1.807) is 17.0 Å². The molecule has 1 fully saturated rings. The lowest BCUT2D eigenvalue weighted by Crippen LogP contribution is -2.47. The molecule has 2 aromatic rings. The molecule has 1 aliphatic carbocycles. The smallest absolute Gasteiger partial charge is 0.242 e. The zero-order valence-corrected chi connectivity index (χ0v) is 20.3. The molecule has 0 spiro atoms. The van der Waals surface area contributed by atoms with Gasteiger partial charge < -0.3 is 14.4 Å². The van der Waals surface area contributed by atoms with E-state index in [0.717, 1.165) is 36.9 Å². The molecule has 5 nitrogen and oxygen atoms in total. The Morgan fingerprint density at radius 2 is 1.76 bits per heavy atom. The average molecular weight is 456 g/mol. The fourth-order valence-electron chi connectivity index (χ4n) is 4.63. The number of halogens is 1. The second-order valence-electron chi connectivity index (χ2n) is 9.57. The number of hydrogen-bond donors (Lipinski definition) is 0. The number of carbonyl (C=O) groups is 2. The van der Waals surface area contributed by atoms with Gasteiger partial charge in [-0.3, -0.25) is 9.59 Å².